The Morgan fingerprint density at radius 2 is 1.90 bits per heavy atom. The van der Waals surface area contributed by atoms with E-state index in [2.05, 4.69) is 5.32 Å². The second kappa shape index (κ2) is 6.77. The maximum atomic E-state index is 12.4. The molecule has 0 aromatic heterocycles. The van der Waals surface area contributed by atoms with Gasteiger partial charge in [-0.1, -0.05) is 25.0 Å². The zero-order valence-corrected chi connectivity index (χ0v) is 13.6. The molecule has 1 aromatic rings. The van der Waals surface area contributed by atoms with Gasteiger partial charge in [-0.25, -0.2) is 12.7 Å². The van der Waals surface area contributed by atoms with E-state index in [1.165, 1.54) is 10.7 Å². The highest BCUT2D eigenvalue weighted by Crippen LogP contribution is 2.30. The van der Waals surface area contributed by atoms with Gasteiger partial charge >= 0.3 is 0 Å². The van der Waals surface area contributed by atoms with Crippen molar-refractivity contribution >= 4 is 15.7 Å². The summed E-state index contributed by atoms with van der Waals surface area (Å²) in [6.07, 6.45) is 4.52. The van der Waals surface area contributed by atoms with Crippen molar-refractivity contribution in [3.8, 4) is 0 Å². The van der Waals surface area contributed by atoms with Crippen molar-refractivity contribution in [1.82, 2.24) is 4.31 Å². The maximum absolute atomic E-state index is 12.4. The lowest BCUT2D eigenvalue weighted by Crippen LogP contribution is -2.37. The van der Waals surface area contributed by atoms with Crippen molar-refractivity contribution < 1.29 is 8.42 Å². The molecular formula is C15H25N3O2S. The van der Waals surface area contributed by atoms with Crippen LogP contribution in [0.15, 0.2) is 29.2 Å². The van der Waals surface area contributed by atoms with E-state index in [-0.39, 0.29) is 6.04 Å². The summed E-state index contributed by atoms with van der Waals surface area (Å²) in [4.78, 5) is 0.330. The van der Waals surface area contributed by atoms with Gasteiger partial charge in [0.2, 0.25) is 10.0 Å². The molecule has 2 unspecified atom stereocenters. The Bertz CT molecular complexity index is 572. The Kier molecular flexibility index (Phi) is 5.24. The van der Waals surface area contributed by atoms with E-state index in [1.54, 1.807) is 26.2 Å². The third-order valence-corrected chi connectivity index (χ3v) is 6.07. The first-order valence-corrected chi connectivity index (χ1v) is 8.89. The van der Waals surface area contributed by atoms with Gasteiger partial charge in [0.1, 0.15) is 4.90 Å². The van der Waals surface area contributed by atoms with Gasteiger partial charge in [0.25, 0.3) is 0 Å². The third-order valence-electron chi connectivity index (χ3n) is 4.20. The molecule has 0 spiro atoms. The van der Waals surface area contributed by atoms with Crippen molar-refractivity contribution in [1.29, 1.82) is 0 Å². The van der Waals surface area contributed by atoms with E-state index in [1.807, 2.05) is 12.1 Å². The first kappa shape index (κ1) is 16.3. The van der Waals surface area contributed by atoms with Crippen LogP contribution in [0.5, 0.6) is 0 Å². The Balaban J connectivity index is 2.28. The molecule has 118 valence electrons. The van der Waals surface area contributed by atoms with Crippen LogP contribution in [0, 0.1) is 5.92 Å². The van der Waals surface area contributed by atoms with Crippen LogP contribution in [0.25, 0.3) is 0 Å². The van der Waals surface area contributed by atoms with Crippen molar-refractivity contribution in [3.63, 3.8) is 0 Å². The molecule has 0 heterocycles. The molecule has 1 aliphatic carbocycles. The molecule has 21 heavy (non-hydrogen) atoms. The van der Waals surface area contributed by atoms with E-state index < -0.39 is 10.0 Å². The number of para-hydroxylation sites is 1. The number of rotatable bonds is 5. The fourth-order valence-electron chi connectivity index (χ4n) is 2.89. The quantitative estimate of drug-likeness (QED) is 0.870. The van der Waals surface area contributed by atoms with Crippen LogP contribution in [-0.2, 0) is 10.0 Å². The van der Waals surface area contributed by atoms with E-state index in [0.29, 0.717) is 23.0 Å². The molecule has 2 atom stereocenters. The molecule has 1 aromatic carbocycles. The van der Waals surface area contributed by atoms with Crippen molar-refractivity contribution in [2.45, 2.75) is 36.6 Å². The Morgan fingerprint density at radius 1 is 1.24 bits per heavy atom. The zero-order valence-electron chi connectivity index (χ0n) is 12.7. The third kappa shape index (κ3) is 3.56. The largest absolute Gasteiger partial charge is 0.381 e. The van der Waals surface area contributed by atoms with Gasteiger partial charge in [0, 0.05) is 20.1 Å². The highest BCUT2D eigenvalue weighted by molar-refractivity contribution is 7.89. The lowest BCUT2D eigenvalue weighted by molar-refractivity contribution is 0.332. The number of hydrogen-bond acceptors (Lipinski definition) is 4. The van der Waals surface area contributed by atoms with E-state index >= 15 is 0 Å². The lowest BCUT2D eigenvalue weighted by atomic mass is 9.84. The minimum absolute atomic E-state index is 0.252. The van der Waals surface area contributed by atoms with Crippen LogP contribution in [0.3, 0.4) is 0 Å². The lowest BCUT2D eigenvalue weighted by Gasteiger charge is -2.32. The van der Waals surface area contributed by atoms with Crippen LogP contribution in [0.4, 0.5) is 5.69 Å². The zero-order chi connectivity index (χ0) is 15.5. The predicted octanol–water partition coefficient (Wildman–Crippen LogP) is 1.87. The fraction of sp³-hybridized carbons (Fsp3) is 0.600. The summed E-state index contributed by atoms with van der Waals surface area (Å²) in [5.41, 5.74) is 6.53. The Hall–Kier alpha value is -1.11. The summed E-state index contributed by atoms with van der Waals surface area (Å²) < 4.78 is 26.1. The van der Waals surface area contributed by atoms with Gasteiger partial charge in [0.05, 0.1) is 5.69 Å². The highest BCUT2D eigenvalue weighted by Gasteiger charge is 2.27. The summed E-state index contributed by atoms with van der Waals surface area (Å²) >= 11 is 0. The molecule has 0 bridgehead atoms. The molecule has 0 aliphatic heterocycles. The average Bonchev–Trinajstić information content (AvgIpc) is 2.48. The van der Waals surface area contributed by atoms with Crippen molar-refractivity contribution in [2.24, 2.45) is 11.7 Å². The maximum Gasteiger partial charge on any atom is 0.244 e. The first-order chi connectivity index (χ1) is 9.96. The number of benzene rings is 1. The van der Waals surface area contributed by atoms with Crippen LogP contribution in [0.1, 0.15) is 25.7 Å². The summed E-state index contributed by atoms with van der Waals surface area (Å²) in [7, 11) is -0.341. The van der Waals surface area contributed by atoms with Crippen LogP contribution in [-0.4, -0.2) is 39.4 Å². The molecule has 6 heteroatoms. The fourth-order valence-corrected chi connectivity index (χ4v) is 3.94. The SMILES string of the molecule is CN(C)S(=O)(=O)c1ccccc1NC1CCCCC1CN. The molecule has 0 radical (unpaired) electrons. The number of nitrogens with two attached hydrogens (primary N) is 1. The molecule has 1 aliphatic rings. The minimum Gasteiger partial charge on any atom is -0.381 e. The molecule has 0 saturated heterocycles. The van der Waals surface area contributed by atoms with Gasteiger partial charge in [-0.05, 0) is 37.4 Å². The molecule has 0 amide bonds. The predicted molar refractivity (Wildman–Crippen MR) is 85.7 cm³/mol. The minimum atomic E-state index is -3.44. The smallest absolute Gasteiger partial charge is 0.244 e. The summed E-state index contributed by atoms with van der Waals surface area (Å²) in [6, 6.07) is 7.35. The molecule has 3 N–H and O–H groups in total. The Morgan fingerprint density at radius 3 is 2.57 bits per heavy atom. The second-order valence-electron chi connectivity index (χ2n) is 5.81. The average molecular weight is 311 g/mol. The molecular weight excluding hydrogens is 286 g/mol. The normalized spacial score (nSPS) is 23.2. The van der Waals surface area contributed by atoms with E-state index in [4.69, 9.17) is 5.73 Å². The number of anilines is 1. The molecule has 5 nitrogen and oxygen atoms in total. The van der Waals surface area contributed by atoms with Gasteiger partial charge < -0.3 is 11.1 Å². The van der Waals surface area contributed by atoms with E-state index in [9.17, 15) is 8.42 Å². The Labute approximate surface area is 127 Å². The van der Waals surface area contributed by atoms with Crippen molar-refractivity contribution in [2.75, 3.05) is 26.0 Å². The summed E-state index contributed by atoms with van der Waals surface area (Å²) in [5.74, 6) is 0.411. The first-order valence-electron chi connectivity index (χ1n) is 7.45. The van der Waals surface area contributed by atoms with Crippen LogP contribution in [0.2, 0.25) is 0 Å². The standard InChI is InChI=1S/C15H25N3O2S/c1-18(2)21(19,20)15-10-6-5-9-14(15)17-13-8-4-3-7-12(13)11-16/h5-6,9-10,12-13,17H,3-4,7-8,11,16H2,1-2H3. The van der Waals surface area contributed by atoms with Gasteiger partial charge in [-0.3, -0.25) is 0 Å². The topological polar surface area (TPSA) is 75.4 Å². The number of nitrogens with zero attached hydrogens (tertiary/aromatic N) is 1. The van der Waals surface area contributed by atoms with Gasteiger partial charge in [-0.15, -0.1) is 0 Å². The van der Waals surface area contributed by atoms with E-state index in [0.717, 1.165) is 19.3 Å². The summed E-state index contributed by atoms with van der Waals surface area (Å²) in [5, 5.41) is 3.43. The summed E-state index contributed by atoms with van der Waals surface area (Å²) in [6.45, 7) is 0.639. The molecule has 2 rings (SSSR count). The van der Waals surface area contributed by atoms with Crippen LogP contribution < -0.4 is 11.1 Å². The highest BCUT2D eigenvalue weighted by atomic mass is 32.2. The van der Waals surface area contributed by atoms with Crippen LogP contribution >= 0.6 is 0 Å². The number of nitrogens with one attached hydrogen (secondary N) is 1. The van der Waals surface area contributed by atoms with Gasteiger partial charge in [-0.2, -0.15) is 0 Å². The number of sulfonamides is 1. The second-order valence-corrected chi connectivity index (χ2v) is 7.93. The molecule has 1 saturated carbocycles. The van der Waals surface area contributed by atoms with Crippen molar-refractivity contribution in [3.05, 3.63) is 24.3 Å². The number of hydrogen-bond donors (Lipinski definition) is 2. The molecule has 1 fully saturated rings. The van der Waals surface area contributed by atoms with Gasteiger partial charge in [0.15, 0.2) is 0 Å². The monoisotopic (exact) mass is 311 g/mol.